The van der Waals surface area contributed by atoms with Crippen LogP contribution in [0.25, 0.3) is 0 Å². The minimum atomic E-state index is -1.04. The molecule has 2 atom stereocenters. The lowest BCUT2D eigenvalue weighted by molar-refractivity contribution is 0.166. The summed E-state index contributed by atoms with van der Waals surface area (Å²) in [5.41, 5.74) is 1.08. The Balaban J connectivity index is 1.97. The van der Waals surface area contributed by atoms with Gasteiger partial charge in [-0.1, -0.05) is 29.8 Å². The average Bonchev–Trinajstić information content (AvgIpc) is 2.45. The van der Waals surface area contributed by atoms with Gasteiger partial charge >= 0.3 is 0 Å². The molecule has 2 aromatic carbocycles. The molecule has 0 saturated heterocycles. The zero-order chi connectivity index (χ0) is 15.4. The monoisotopic (exact) mass is 311 g/mol. The summed E-state index contributed by atoms with van der Waals surface area (Å²) in [5.74, 6) is -1.41. The van der Waals surface area contributed by atoms with Gasteiger partial charge in [0.15, 0.2) is 0 Å². The topological polar surface area (TPSA) is 32.3 Å². The molecular formula is C16H16ClF2NO. The highest BCUT2D eigenvalue weighted by Crippen LogP contribution is 2.20. The van der Waals surface area contributed by atoms with E-state index in [1.807, 2.05) is 19.1 Å². The first-order valence-electron chi connectivity index (χ1n) is 6.59. The van der Waals surface area contributed by atoms with E-state index in [-0.39, 0.29) is 18.2 Å². The molecule has 0 amide bonds. The van der Waals surface area contributed by atoms with Crippen molar-refractivity contribution in [2.75, 3.05) is 6.54 Å². The summed E-state index contributed by atoms with van der Waals surface area (Å²) >= 11 is 5.82. The van der Waals surface area contributed by atoms with E-state index in [1.165, 1.54) is 6.07 Å². The quantitative estimate of drug-likeness (QED) is 0.874. The molecule has 0 spiro atoms. The highest BCUT2D eigenvalue weighted by molar-refractivity contribution is 6.30. The maximum atomic E-state index is 13.6. The Kier molecular flexibility index (Phi) is 5.28. The molecule has 112 valence electrons. The van der Waals surface area contributed by atoms with Crippen molar-refractivity contribution in [2.45, 2.75) is 19.1 Å². The highest BCUT2D eigenvalue weighted by atomic mass is 35.5. The van der Waals surface area contributed by atoms with Crippen LogP contribution in [0.15, 0.2) is 42.5 Å². The molecule has 0 aliphatic carbocycles. The standard InChI is InChI=1S/C16H16ClF2NO/c1-10(11-2-4-12(17)5-3-11)20-9-16(21)14-7-6-13(18)8-15(14)19/h2-8,10,16,20-21H,9H2,1H3/t10-,16?/m0/s1. The van der Waals surface area contributed by atoms with E-state index in [4.69, 9.17) is 11.6 Å². The zero-order valence-corrected chi connectivity index (χ0v) is 12.2. The Hall–Kier alpha value is -1.49. The van der Waals surface area contributed by atoms with Crippen LogP contribution in [0.4, 0.5) is 8.78 Å². The summed E-state index contributed by atoms with van der Waals surface area (Å²) in [7, 11) is 0. The molecule has 2 nitrogen and oxygen atoms in total. The maximum absolute atomic E-state index is 13.6. The van der Waals surface area contributed by atoms with Gasteiger partial charge in [0.25, 0.3) is 0 Å². The summed E-state index contributed by atoms with van der Waals surface area (Å²) in [4.78, 5) is 0. The first-order valence-corrected chi connectivity index (χ1v) is 6.97. The van der Waals surface area contributed by atoms with Crippen LogP contribution < -0.4 is 5.32 Å². The van der Waals surface area contributed by atoms with E-state index in [2.05, 4.69) is 5.32 Å². The minimum absolute atomic E-state index is 0.0274. The van der Waals surface area contributed by atoms with Gasteiger partial charge in [0.05, 0.1) is 6.10 Å². The summed E-state index contributed by atoms with van der Waals surface area (Å²) < 4.78 is 26.4. The second-order valence-electron chi connectivity index (χ2n) is 4.86. The van der Waals surface area contributed by atoms with Crippen LogP contribution in [0.5, 0.6) is 0 Å². The number of halogens is 3. The van der Waals surface area contributed by atoms with E-state index in [9.17, 15) is 13.9 Å². The first-order chi connectivity index (χ1) is 9.97. The van der Waals surface area contributed by atoms with Crippen LogP contribution in [-0.4, -0.2) is 11.7 Å². The van der Waals surface area contributed by atoms with Crippen LogP contribution in [0, 0.1) is 11.6 Å². The van der Waals surface area contributed by atoms with E-state index >= 15 is 0 Å². The van der Waals surface area contributed by atoms with Gasteiger partial charge in [-0.2, -0.15) is 0 Å². The van der Waals surface area contributed by atoms with Gasteiger partial charge in [0, 0.05) is 29.2 Å². The summed E-state index contributed by atoms with van der Waals surface area (Å²) in [5, 5.41) is 13.7. The molecule has 0 aliphatic rings. The average molecular weight is 312 g/mol. The summed E-state index contributed by atoms with van der Waals surface area (Å²) in [6.45, 7) is 2.09. The molecule has 0 aromatic heterocycles. The van der Waals surface area contributed by atoms with Crippen LogP contribution >= 0.6 is 11.6 Å². The molecule has 0 saturated carbocycles. The molecule has 2 rings (SSSR count). The van der Waals surface area contributed by atoms with Crippen LogP contribution in [-0.2, 0) is 0 Å². The van der Waals surface area contributed by atoms with Crippen LogP contribution in [0.2, 0.25) is 5.02 Å². The number of benzene rings is 2. The van der Waals surface area contributed by atoms with Gasteiger partial charge in [0.1, 0.15) is 11.6 Å². The Bertz CT molecular complexity index is 604. The third kappa shape index (κ3) is 4.24. The SMILES string of the molecule is C[C@H](NCC(O)c1ccc(F)cc1F)c1ccc(Cl)cc1. The number of aliphatic hydroxyl groups excluding tert-OH is 1. The molecule has 0 aliphatic heterocycles. The second kappa shape index (κ2) is 6.98. The van der Waals surface area contributed by atoms with Crippen molar-refractivity contribution in [1.82, 2.24) is 5.32 Å². The minimum Gasteiger partial charge on any atom is -0.387 e. The van der Waals surface area contributed by atoms with Crippen molar-refractivity contribution < 1.29 is 13.9 Å². The lowest BCUT2D eigenvalue weighted by atomic mass is 10.1. The lowest BCUT2D eigenvalue weighted by Gasteiger charge is -2.18. The van der Waals surface area contributed by atoms with E-state index in [0.29, 0.717) is 5.02 Å². The van der Waals surface area contributed by atoms with Crippen molar-refractivity contribution in [3.05, 3.63) is 70.2 Å². The Morgan fingerprint density at radius 3 is 2.43 bits per heavy atom. The third-order valence-electron chi connectivity index (χ3n) is 3.31. The molecule has 0 heterocycles. The lowest BCUT2D eigenvalue weighted by Crippen LogP contribution is -2.25. The number of hydrogen-bond acceptors (Lipinski definition) is 2. The number of hydrogen-bond donors (Lipinski definition) is 2. The molecular weight excluding hydrogens is 296 g/mol. The van der Waals surface area contributed by atoms with Gasteiger partial charge in [-0.05, 0) is 30.7 Å². The van der Waals surface area contributed by atoms with Gasteiger partial charge in [0.2, 0.25) is 0 Å². The van der Waals surface area contributed by atoms with Gasteiger partial charge in [-0.25, -0.2) is 8.78 Å². The molecule has 21 heavy (non-hydrogen) atoms. The third-order valence-corrected chi connectivity index (χ3v) is 3.56. The Morgan fingerprint density at radius 1 is 1.14 bits per heavy atom. The highest BCUT2D eigenvalue weighted by Gasteiger charge is 2.15. The fourth-order valence-electron chi connectivity index (χ4n) is 2.04. The summed E-state index contributed by atoms with van der Waals surface area (Å²) in [6, 6.07) is 10.4. The van der Waals surface area contributed by atoms with Crippen LogP contribution in [0.3, 0.4) is 0 Å². The molecule has 0 radical (unpaired) electrons. The molecule has 2 N–H and O–H groups in total. The van der Waals surface area contributed by atoms with Crippen molar-refractivity contribution in [2.24, 2.45) is 0 Å². The predicted octanol–water partition coefficient (Wildman–Crippen LogP) is 4.00. The predicted molar refractivity (Wildman–Crippen MR) is 79.2 cm³/mol. The first kappa shape index (κ1) is 15.9. The zero-order valence-electron chi connectivity index (χ0n) is 11.5. The van der Waals surface area contributed by atoms with E-state index in [0.717, 1.165) is 17.7 Å². The number of rotatable bonds is 5. The van der Waals surface area contributed by atoms with Gasteiger partial charge in [-0.3, -0.25) is 0 Å². The Morgan fingerprint density at radius 2 is 1.81 bits per heavy atom. The van der Waals surface area contributed by atoms with Crippen molar-refractivity contribution in [3.8, 4) is 0 Å². The second-order valence-corrected chi connectivity index (χ2v) is 5.30. The normalized spacial score (nSPS) is 14.0. The maximum Gasteiger partial charge on any atom is 0.131 e. The molecule has 2 aromatic rings. The molecule has 0 fully saturated rings. The van der Waals surface area contributed by atoms with E-state index < -0.39 is 17.7 Å². The fraction of sp³-hybridized carbons (Fsp3) is 0.250. The van der Waals surface area contributed by atoms with Crippen molar-refractivity contribution in [1.29, 1.82) is 0 Å². The van der Waals surface area contributed by atoms with Gasteiger partial charge in [-0.15, -0.1) is 0 Å². The van der Waals surface area contributed by atoms with Crippen LogP contribution in [0.1, 0.15) is 30.2 Å². The molecule has 1 unspecified atom stereocenters. The van der Waals surface area contributed by atoms with E-state index in [1.54, 1.807) is 12.1 Å². The Labute approximate surface area is 127 Å². The molecule has 0 bridgehead atoms. The number of nitrogens with one attached hydrogen (secondary N) is 1. The summed E-state index contributed by atoms with van der Waals surface area (Å²) in [6.07, 6.45) is -1.04. The fourth-order valence-corrected chi connectivity index (χ4v) is 2.17. The van der Waals surface area contributed by atoms with Gasteiger partial charge < -0.3 is 10.4 Å². The number of aliphatic hydroxyl groups is 1. The smallest absolute Gasteiger partial charge is 0.131 e. The van der Waals surface area contributed by atoms with Crippen molar-refractivity contribution in [3.63, 3.8) is 0 Å². The van der Waals surface area contributed by atoms with Crippen molar-refractivity contribution >= 4 is 11.6 Å². The molecule has 5 heteroatoms. The largest absolute Gasteiger partial charge is 0.387 e.